The topological polar surface area (TPSA) is 106 Å². The molecule has 0 unspecified atom stereocenters. The van der Waals surface area contributed by atoms with Gasteiger partial charge in [0.25, 0.3) is 5.91 Å². The van der Waals surface area contributed by atoms with Crippen LogP contribution in [0.2, 0.25) is 0 Å². The standard InChI is InChI=1S/C23H19F2N3O4S/c1-27-23(29)18-12-32-22-11-21(16(10-17(18)22)13-3-5-14(24)6-4-13)28(33(2,30)31)15-7-8-20(26)19(25)9-15/h3-12H,26H2,1-2H3,(H,27,29). The molecule has 1 aromatic heterocycles. The number of nitrogen functional groups attached to an aromatic ring is 1. The van der Waals surface area contributed by atoms with E-state index in [1.54, 1.807) is 6.07 Å². The lowest BCUT2D eigenvalue weighted by Gasteiger charge is -2.25. The molecule has 33 heavy (non-hydrogen) atoms. The first-order valence-electron chi connectivity index (χ1n) is 9.68. The molecule has 0 bridgehead atoms. The number of sulfonamides is 1. The maximum Gasteiger partial charge on any atom is 0.254 e. The average molecular weight is 471 g/mol. The van der Waals surface area contributed by atoms with Gasteiger partial charge in [-0.25, -0.2) is 21.5 Å². The molecule has 3 N–H and O–H groups in total. The van der Waals surface area contributed by atoms with E-state index in [0.29, 0.717) is 16.5 Å². The molecule has 7 nitrogen and oxygen atoms in total. The summed E-state index contributed by atoms with van der Waals surface area (Å²) in [5.74, 6) is -1.66. The van der Waals surface area contributed by atoms with Gasteiger partial charge in [-0.15, -0.1) is 0 Å². The Kier molecular flexibility index (Phi) is 5.54. The Balaban J connectivity index is 2.06. The molecule has 0 aliphatic heterocycles. The Morgan fingerprint density at radius 3 is 2.36 bits per heavy atom. The molecule has 170 valence electrons. The number of rotatable bonds is 5. The van der Waals surface area contributed by atoms with Gasteiger partial charge in [0, 0.05) is 30.1 Å². The number of nitrogens with two attached hydrogens (primary N) is 1. The molecule has 0 saturated carbocycles. The van der Waals surface area contributed by atoms with Crippen LogP contribution in [0.4, 0.5) is 25.8 Å². The highest BCUT2D eigenvalue weighted by Crippen LogP contribution is 2.41. The van der Waals surface area contributed by atoms with Gasteiger partial charge >= 0.3 is 0 Å². The number of carbonyl (C=O) groups is 1. The van der Waals surface area contributed by atoms with Crippen LogP contribution in [-0.2, 0) is 10.0 Å². The lowest BCUT2D eigenvalue weighted by molar-refractivity contribution is 0.0964. The molecule has 0 saturated heterocycles. The summed E-state index contributed by atoms with van der Waals surface area (Å²) in [7, 11) is -2.52. The van der Waals surface area contributed by atoms with Crippen molar-refractivity contribution in [2.75, 3.05) is 23.3 Å². The van der Waals surface area contributed by atoms with Crippen molar-refractivity contribution in [2.24, 2.45) is 0 Å². The highest BCUT2D eigenvalue weighted by atomic mass is 32.2. The van der Waals surface area contributed by atoms with E-state index in [1.165, 1.54) is 55.8 Å². The fourth-order valence-corrected chi connectivity index (χ4v) is 4.56. The van der Waals surface area contributed by atoms with Crippen LogP contribution in [0.1, 0.15) is 10.4 Å². The van der Waals surface area contributed by atoms with Crippen molar-refractivity contribution in [3.05, 3.63) is 78.1 Å². The second-order valence-electron chi connectivity index (χ2n) is 7.33. The molecular formula is C23H19F2N3O4S. The van der Waals surface area contributed by atoms with Crippen molar-refractivity contribution in [3.63, 3.8) is 0 Å². The van der Waals surface area contributed by atoms with Gasteiger partial charge in [-0.05, 0) is 35.9 Å². The third kappa shape index (κ3) is 4.12. The number of carbonyl (C=O) groups excluding carboxylic acids is 1. The van der Waals surface area contributed by atoms with Crippen molar-refractivity contribution in [1.29, 1.82) is 0 Å². The fraction of sp³-hybridized carbons (Fsp3) is 0.0870. The summed E-state index contributed by atoms with van der Waals surface area (Å²) in [5, 5.41) is 2.94. The lowest BCUT2D eigenvalue weighted by Crippen LogP contribution is -2.25. The van der Waals surface area contributed by atoms with E-state index in [4.69, 9.17) is 10.2 Å². The number of hydrogen-bond donors (Lipinski definition) is 2. The van der Waals surface area contributed by atoms with Crippen molar-refractivity contribution < 1.29 is 26.4 Å². The summed E-state index contributed by atoms with van der Waals surface area (Å²) < 4.78 is 60.1. The van der Waals surface area contributed by atoms with Gasteiger partial charge in [0.05, 0.1) is 28.9 Å². The number of hydrogen-bond acceptors (Lipinski definition) is 5. The van der Waals surface area contributed by atoms with E-state index in [-0.39, 0.29) is 28.2 Å². The fourth-order valence-electron chi connectivity index (χ4n) is 3.55. The highest BCUT2D eigenvalue weighted by Gasteiger charge is 2.26. The normalized spacial score (nSPS) is 11.5. The second kappa shape index (κ2) is 8.21. The Morgan fingerprint density at radius 2 is 1.76 bits per heavy atom. The minimum atomic E-state index is -3.99. The van der Waals surface area contributed by atoms with Gasteiger partial charge < -0.3 is 15.5 Å². The van der Waals surface area contributed by atoms with Crippen LogP contribution in [0.3, 0.4) is 0 Å². The van der Waals surface area contributed by atoms with E-state index in [9.17, 15) is 22.0 Å². The quantitative estimate of drug-likeness (QED) is 0.419. The molecule has 4 rings (SSSR count). The van der Waals surface area contributed by atoms with Crippen LogP contribution in [-0.4, -0.2) is 27.6 Å². The summed E-state index contributed by atoms with van der Waals surface area (Å²) in [6.45, 7) is 0. The summed E-state index contributed by atoms with van der Waals surface area (Å²) in [5.41, 5.74) is 6.86. The zero-order chi connectivity index (χ0) is 23.9. The van der Waals surface area contributed by atoms with E-state index >= 15 is 0 Å². The number of nitrogens with one attached hydrogen (secondary N) is 1. The molecule has 0 fully saturated rings. The summed E-state index contributed by atoms with van der Waals surface area (Å²) in [4.78, 5) is 12.3. The van der Waals surface area contributed by atoms with E-state index in [0.717, 1.165) is 16.6 Å². The molecule has 4 aromatic rings. The largest absolute Gasteiger partial charge is 0.463 e. The predicted octanol–water partition coefficient (Wildman–Crippen LogP) is 4.42. The van der Waals surface area contributed by atoms with Crippen molar-refractivity contribution >= 4 is 44.0 Å². The molecule has 0 aliphatic rings. The molecule has 3 aromatic carbocycles. The monoisotopic (exact) mass is 471 g/mol. The van der Waals surface area contributed by atoms with Crippen LogP contribution in [0.15, 0.2) is 65.3 Å². The first-order chi connectivity index (χ1) is 15.6. The molecule has 0 radical (unpaired) electrons. The maximum absolute atomic E-state index is 14.2. The number of furan rings is 1. The molecular weight excluding hydrogens is 452 g/mol. The maximum atomic E-state index is 14.2. The molecule has 10 heteroatoms. The van der Waals surface area contributed by atoms with E-state index < -0.39 is 27.6 Å². The van der Waals surface area contributed by atoms with Gasteiger partial charge in [-0.1, -0.05) is 12.1 Å². The number of fused-ring (bicyclic) bond motifs is 1. The first-order valence-corrected chi connectivity index (χ1v) is 11.5. The summed E-state index contributed by atoms with van der Waals surface area (Å²) in [6.07, 6.45) is 2.23. The van der Waals surface area contributed by atoms with Crippen LogP contribution in [0.5, 0.6) is 0 Å². The van der Waals surface area contributed by atoms with Crippen molar-refractivity contribution in [3.8, 4) is 11.1 Å². The van der Waals surface area contributed by atoms with Crippen molar-refractivity contribution in [1.82, 2.24) is 5.32 Å². The summed E-state index contributed by atoms with van der Waals surface area (Å²) >= 11 is 0. The minimum Gasteiger partial charge on any atom is -0.463 e. The minimum absolute atomic E-state index is 0.00462. The average Bonchev–Trinajstić information content (AvgIpc) is 3.18. The third-order valence-corrected chi connectivity index (χ3v) is 6.16. The smallest absolute Gasteiger partial charge is 0.254 e. The number of halogens is 2. The van der Waals surface area contributed by atoms with Crippen LogP contribution in [0.25, 0.3) is 22.1 Å². The Labute approximate surface area is 188 Å². The van der Waals surface area contributed by atoms with Crippen LogP contribution < -0.4 is 15.4 Å². The first kappa shape index (κ1) is 22.3. The Bertz CT molecular complexity index is 1480. The van der Waals surface area contributed by atoms with Crippen LogP contribution in [0, 0.1) is 11.6 Å². The molecule has 1 amide bonds. The van der Waals surface area contributed by atoms with Gasteiger partial charge in [-0.3, -0.25) is 4.79 Å². The summed E-state index contributed by atoms with van der Waals surface area (Å²) in [6, 6.07) is 12.1. The molecule has 0 spiro atoms. The number of amides is 1. The molecule has 0 aliphatic carbocycles. The SMILES string of the molecule is CNC(=O)c1coc2cc(N(c3ccc(N)c(F)c3)S(C)(=O)=O)c(-c3ccc(F)cc3)cc12. The number of nitrogens with zero attached hydrogens (tertiary/aromatic N) is 1. The third-order valence-electron chi connectivity index (χ3n) is 5.09. The Hall–Kier alpha value is -3.92. The van der Waals surface area contributed by atoms with Gasteiger partial charge in [0.1, 0.15) is 23.5 Å². The van der Waals surface area contributed by atoms with E-state index in [1.807, 2.05) is 0 Å². The predicted molar refractivity (Wildman–Crippen MR) is 123 cm³/mol. The van der Waals surface area contributed by atoms with E-state index in [2.05, 4.69) is 5.32 Å². The zero-order valence-electron chi connectivity index (χ0n) is 17.6. The number of benzene rings is 3. The van der Waals surface area contributed by atoms with Gasteiger partial charge in [0.2, 0.25) is 10.0 Å². The number of anilines is 3. The van der Waals surface area contributed by atoms with Crippen LogP contribution >= 0.6 is 0 Å². The molecule has 1 heterocycles. The Morgan fingerprint density at radius 1 is 1.06 bits per heavy atom. The van der Waals surface area contributed by atoms with Crippen molar-refractivity contribution in [2.45, 2.75) is 0 Å². The zero-order valence-corrected chi connectivity index (χ0v) is 18.4. The van der Waals surface area contributed by atoms with Gasteiger partial charge in [-0.2, -0.15) is 0 Å². The lowest BCUT2D eigenvalue weighted by atomic mass is 9.99. The second-order valence-corrected chi connectivity index (χ2v) is 9.17. The molecule has 0 atom stereocenters. The highest BCUT2D eigenvalue weighted by molar-refractivity contribution is 7.92. The van der Waals surface area contributed by atoms with Gasteiger partial charge in [0.15, 0.2) is 0 Å².